The second-order valence-corrected chi connectivity index (χ2v) is 5.66. The molecule has 0 unspecified atom stereocenters. The van der Waals surface area contributed by atoms with Crippen LogP contribution in [0.15, 0.2) is 54.7 Å². The van der Waals surface area contributed by atoms with Crippen LogP contribution in [0.5, 0.6) is 0 Å². The van der Waals surface area contributed by atoms with Crippen molar-refractivity contribution in [3.63, 3.8) is 0 Å². The average molecular weight is 282 g/mol. The van der Waals surface area contributed by atoms with Gasteiger partial charge in [0, 0.05) is 19.3 Å². The van der Waals surface area contributed by atoms with Gasteiger partial charge >= 0.3 is 0 Å². The van der Waals surface area contributed by atoms with Gasteiger partial charge in [-0.1, -0.05) is 36.4 Å². The van der Waals surface area contributed by atoms with Crippen molar-refractivity contribution in [1.82, 2.24) is 10.3 Å². The van der Waals surface area contributed by atoms with Crippen molar-refractivity contribution in [2.75, 3.05) is 13.7 Å². The summed E-state index contributed by atoms with van der Waals surface area (Å²) in [5.74, 6) is 0.736. The molecule has 1 saturated carbocycles. The lowest BCUT2D eigenvalue weighted by atomic mass is 10.0. The summed E-state index contributed by atoms with van der Waals surface area (Å²) in [6.07, 6.45) is 4.45. The Hall–Kier alpha value is -1.71. The van der Waals surface area contributed by atoms with Gasteiger partial charge in [0.25, 0.3) is 0 Å². The van der Waals surface area contributed by atoms with E-state index in [0.29, 0.717) is 6.04 Å². The topological polar surface area (TPSA) is 34.1 Å². The van der Waals surface area contributed by atoms with Crippen LogP contribution in [0.25, 0.3) is 0 Å². The number of aromatic nitrogens is 1. The number of pyridine rings is 1. The lowest BCUT2D eigenvalue weighted by Gasteiger charge is -2.25. The van der Waals surface area contributed by atoms with Gasteiger partial charge in [-0.25, -0.2) is 0 Å². The molecule has 1 fully saturated rings. The van der Waals surface area contributed by atoms with Crippen LogP contribution in [0.1, 0.15) is 30.1 Å². The number of hydrogen-bond acceptors (Lipinski definition) is 3. The molecule has 21 heavy (non-hydrogen) atoms. The molecule has 1 aliphatic rings. The van der Waals surface area contributed by atoms with Crippen LogP contribution in [0.2, 0.25) is 0 Å². The molecule has 3 rings (SSSR count). The number of nitrogens with zero attached hydrogens (tertiary/aromatic N) is 1. The van der Waals surface area contributed by atoms with Gasteiger partial charge < -0.3 is 4.74 Å². The second-order valence-electron chi connectivity index (χ2n) is 5.66. The maximum atomic E-state index is 5.40. The van der Waals surface area contributed by atoms with E-state index in [4.69, 9.17) is 4.74 Å². The fourth-order valence-corrected chi connectivity index (χ4v) is 2.76. The molecule has 0 bridgehead atoms. The Morgan fingerprint density at radius 3 is 2.52 bits per heavy atom. The lowest BCUT2D eigenvalue weighted by molar-refractivity contribution is 0.153. The Labute approximate surface area is 126 Å². The van der Waals surface area contributed by atoms with Crippen LogP contribution in [-0.2, 0) is 4.74 Å². The molecule has 0 amide bonds. The SMILES string of the molecule is COC[C@@H](N[C@@H](c1ccccc1)c1ccccn1)C1CC1. The molecule has 1 heterocycles. The molecular weight excluding hydrogens is 260 g/mol. The molecule has 0 spiro atoms. The quantitative estimate of drug-likeness (QED) is 0.847. The van der Waals surface area contributed by atoms with Crippen LogP contribution in [0.3, 0.4) is 0 Å². The molecule has 1 N–H and O–H groups in total. The van der Waals surface area contributed by atoms with E-state index in [2.05, 4.69) is 40.6 Å². The fraction of sp³-hybridized carbons (Fsp3) is 0.389. The molecular formula is C18H22N2O. The van der Waals surface area contributed by atoms with Gasteiger partial charge in [0.2, 0.25) is 0 Å². The minimum absolute atomic E-state index is 0.119. The molecule has 1 aromatic carbocycles. The first-order chi connectivity index (χ1) is 10.4. The Bertz CT molecular complexity index is 500. The van der Waals surface area contributed by atoms with Gasteiger partial charge in [0.05, 0.1) is 18.3 Å². The smallest absolute Gasteiger partial charge is 0.0754 e. The van der Waals surface area contributed by atoms with Crippen molar-refractivity contribution < 1.29 is 4.74 Å². The van der Waals surface area contributed by atoms with E-state index in [1.165, 1.54) is 18.4 Å². The summed E-state index contributed by atoms with van der Waals surface area (Å²) < 4.78 is 5.40. The third kappa shape index (κ3) is 3.69. The highest BCUT2D eigenvalue weighted by Gasteiger charge is 2.33. The molecule has 2 atom stereocenters. The van der Waals surface area contributed by atoms with E-state index in [1.807, 2.05) is 24.4 Å². The zero-order valence-electron chi connectivity index (χ0n) is 12.4. The maximum Gasteiger partial charge on any atom is 0.0754 e. The predicted octanol–water partition coefficient (Wildman–Crippen LogP) is 3.19. The standard InChI is InChI=1S/C18H22N2O/c1-21-13-17(14-10-11-14)20-18(15-7-3-2-4-8-15)16-9-5-6-12-19-16/h2-9,12,14,17-18,20H,10-11,13H2,1H3/t17-,18+/m1/s1. The zero-order chi connectivity index (χ0) is 14.5. The molecule has 3 heteroatoms. The van der Waals surface area contributed by atoms with Crippen LogP contribution in [-0.4, -0.2) is 24.7 Å². The highest BCUT2D eigenvalue weighted by molar-refractivity contribution is 5.27. The first kappa shape index (κ1) is 14.2. The predicted molar refractivity (Wildman–Crippen MR) is 84.0 cm³/mol. The van der Waals surface area contributed by atoms with Crippen molar-refractivity contribution in [3.05, 3.63) is 66.0 Å². The third-order valence-electron chi connectivity index (χ3n) is 4.03. The Kier molecular flexibility index (Phi) is 4.63. The average Bonchev–Trinajstić information content (AvgIpc) is 3.38. The number of rotatable bonds is 7. The largest absolute Gasteiger partial charge is 0.383 e. The Morgan fingerprint density at radius 1 is 1.14 bits per heavy atom. The molecule has 3 nitrogen and oxygen atoms in total. The summed E-state index contributed by atoms with van der Waals surface area (Å²) in [5.41, 5.74) is 2.31. The molecule has 2 aromatic rings. The van der Waals surface area contributed by atoms with Crippen molar-refractivity contribution in [1.29, 1.82) is 0 Å². The monoisotopic (exact) mass is 282 g/mol. The normalized spacial score (nSPS) is 17.4. The molecule has 0 saturated heterocycles. The number of hydrogen-bond donors (Lipinski definition) is 1. The van der Waals surface area contributed by atoms with E-state index in [0.717, 1.165) is 18.2 Å². The highest BCUT2D eigenvalue weighted by Crippen LogP contribution is 2.34. The number of methoxy groups -OCH3 is 1. The van der Waals surface area contributed by atoms with Crippen molar-refractivity contribution in [3.8, 4) is 0 Å². The van der Waals surface area contributed by atoms with Crippen LogP contribution < -0.4 is 5.32 Å². The van der Waals surface area contributed by atoms with E-state index in [1.54, 1.807) is 7.11 Å². The van der Waals surface area contributed by atoms with Crippen LogP contribution in [0.4, 0.5) is 0 Å². The first-order valence-electron chi connectivity index (χ1n) is 7.59. The fourth-order valence-electron chi connectivity index (χ4n) is 2.76. The number of ether oxygens (including phenoxy) is 1. The van der Waals surface area contributed by atoms with E-state index in [9.17, 15) is 0 Å². The van der Waals surface area contributed by atoms with Crippen molar-refractivity contribution in [2.45, 2.75) is 24.9 Å². The van der Waals surface area contributed by atoms with Gasteiger partial charge in [-0.2, -0.15) is 0 Å². The van der Waals surface area contributed by atoms with Crippen molar-refractivity contribution in [2.24, 2.45) is 5.92 Å². The summed E-state index contributed by atoms with van der Waals surface area (Å²) >= 11 is 0. The van der Waals surface area contributed by atoms with Crippen LogP contribution in [0, 0.1) is 5.92 Å². The van der Waals surface area contributed by atoms with E-state index < -0.39 is 0 Å². The summed E-state index contributed by atoms with van der Waals surface area (Å²) in [7, 11) is 1.77. The number of nitrogens with one attached hydrogen (secondary N) is 1. The zero-order valence-corrected chi connectivity index (χ0v) is 12.4. The molecule has 0 radical (unpaired) electrons. The highest BCUT2D eigenvalue weighted by atomic mass is 16.5. The van der Waals surface area contributed by atoms with Gasteiger partial charge in [0.15, 0.2) is 0 Å². The van der Waals surface area contributed by atoms with Gasteiger partial charge in [-0.05, 0) is 36.5 Å². The first-order valence-corrected chi connectivity index (χ1v) is 7.59. The van der Waals surface area contributed by atoms with E-state index in [-0.39, 0.29) is 6.04 Å². The summed E-state index contributed by atoms with van der Waals surface area (Å²) in [6.45, 7) is 0.751. The summed E-state index contributed by atoms with van der Waals surface area (Å²) in [5, 5.41) is 3.76. The molecule has 1 aromatic heterocycles. The maximum absolute atomic E-state index is 5.40. The number of benzene rings is 1. The molecule has 0 aliphatic heterocycles. The van der Waals surface area contributed by atoms with Gasteiger partial charge in [-0.15, -0.1) is 0 Å². The minimum atomic E-state index is 0.119. The van der Waals surface area contributed by atoms with Crippen molar-refractivity contribution >= 4 is 0 Å². The second kappa shape index (κ2) is 6.83. The van der Waals surface area contributed by atoms with Crippen LogP contribution >= 0.6 is 0 Å². The van der Waals surface area contributed by atoms with Gasteiger partial charge in [-0.3, -0.25) is 10.3 Å². The lowest BCUT2D eigenvalue weighted by Crippen LogP contribution is -2.38. The molecule has 1 aliphatic carbocycles. The van der Waals surface area contributed by atoms with Gasteiger partial charge in [0.1, 0.15) is 0 Å². The Morgan fingerprint density at radius 2 is 1.90 bits per heavy atom. The van der Waals surface area contributed by atoms with E-state index >= 15 is 0 Å². The summed E-state index contributed by atoms with van der Waals surface area (Å²) in [6, 6.07) is 17.1. The molecule has 110 valence electrons. The third-order valence-corrected chi connectivity index (χ3v) is 4.03. The minimum Gasteiger partial charge on any atom is -0.383 e. The summed E-state index contributed by atoms with van der Waals surface area (Å²) in [4.78, 5) is 4.55. The Balaban J connectivity index is 1.85.